The van der Waals surface area contributed by atoms with Gasteiger partial charge in [0.2, 0.25) is 0 Å². The molecule has 0 atom stereocenters. The molecule has 122 valence electrons. The summed E-state index contributed by atoms with van der Waals surface area (Å²) in [6.45, 7) is 4.29. The molecular weight excluding hydrogens is 294 g/mol. The van der Waals surface area contributed by atoms with Crippen molar-refractivity contribution in [2.24, 2.45) is 0 Å². The number of unbranched alkanes of at least 4 members (excludes halogenated alkanes) is 1. The van der Waals surface area contributed by atoms with Gasteiger partial charge in [0.05, 0.1) is 11.8 Å². The van der Waals surface area contributed by atoms with Crippen molar-refractivity contribution in [3.05, 3.63) is 47.8 Å². The quantitative estimate of drug-likeness (QED) is 0.852. The summed E-state index contributed by atoms with van der Waals surface area (Å²) in [4.78, 5) is 25.2. The second kappa shape index (κ2) is 7.58. The maximum absolute atomic E-state index is 12.8. The van der Waals surface area contributed by atoms with E-state index in [2.05, 4.69) is 12.0 Å². The van der Waals surface area contributed by atoms with Crippen LogP contribution in [0.5, 0.6) is 0 Å². The number of aromatic nitrogens is 2. The van der Waals surface area contributed by atoms with Gasteiger partial charge in [-0.15, -0.1) is 0 Å². The molecule has 1 N–H and O–H groups in total. The highest BCUT2D eigenvalue weighted by Gasteiger charge is 2.23. The number of carbonyl (C=O) groups excluding carboxylic acids is 1. The number of para-hydroxylation sites is 1. The van der Waals surface area contributed by atoms with Crippen LogP contribution in [-0.4, -0.2) is 33.3 Å². The molecule has 2 rings (SSSR count). The lowest BCUT2D eigenvalue weighted by molar-refractivity contribution is -0.135. The monoisotopic (exact) mass is 315 g/mol. The number of carbonyl (C=O) groups is 2. The molecular formula is C17H21N3O3. The Balaban J connectivity index is 2.31. The van der Waals surface area contributed by atoms with E-state index >= 15 is 0 Å². The number of nitrogens with zero attached hydrogens (tertiary/aromatic N) is 3. The van der Waals surface area contributed by atoms with Crippen LogP contribution in [0.4, 0.5) is 5.69 Å². The standard InChI is InChI=1S/C17H21N3O3/c1-3-4-10-20-13(2)15(11-18-20)17(23)19(12-16(21)22)14-8-6-5-7-9-14/h5-9,11H,3-4,10,12H2,1-2H3,(H,21,22). The predicted molar refractivity (Wildman–Crippen MR) is 87.6 cm³/mol. The number of benzene rings is 1. The van der Waals surface area contributed by atoms with E-state index in [0.29, 0.717) is 11.3 Å². The van der Waals surface area contributed by atoms with Crippen LogP contribution in [0.2, 0.25) is 0 Å². The lowest BCUT2D eigenvalue weighted by atomic mass is 10.2. The zero-order valence-electron chi connectivity index (χ0n) is 13.4. The van der Waals surface area contributed by atoms with Crippen molar-refractivity contribution in [1.82, 2.24) is 9.78 Å². The van der Waals surface area contributed by atoms with Crippen molar-refractivity contribution >= 4 is 17.6 Å². The largest absolute Gasteiger partial charge is 0.480 e. The van der Waals surface area contributed by atoms with Crippen LogP contribution in [0.15, 0.2) is 36.5 Å². The van der Waals surface area contributed by atoms with Gasteiger partial charge in [0.25, 0.3) is 5.91 Å². The number of hydrogen-bond donors (Lipinski definition) is 1. The fourth-order valence-corrected chi connectivity index (χ4v) is 2.36. The molecule has 1 aromatic heterocycles. The molecule has 23 heavy (non-hydrogen) atoms. The molecule has 0 saturated heterocycles. The van der Waals surface area contributed by atoms with Crippen molar-refractivity contribution in [2.45, 2.75) is 33.2 Å². The van der Waals surface area contributed by atoms with Crippen molar-refractivity contribution in [3.63, 3.8) is 0 Å². The number of carboxylic acid groups (broad SMARTS) is 1. The number of rotatable bonds is 7. The van der Waals surface area contributed by atoms with Gasteiger partial charge in [-0.05, 0) is 25.5 Å². The maximum atomic E-state index is 12.8. The maximum Gasteiger partial charge on any atom is 0.323 e. The average molecular weight is 315 g/mol. The molecule has 6 heteroatoms. The Labute approximate surface area is 135 Å². The van der Waals surface area contributed by atoms with E-state index in [1.807, 2.05) is 13.0 Å². The van der Waals surface area contributed by atoms with E-state index in [-0.39, 0.29) is 12.5 Å². The lowest BCUT2D eigenvalue weighted by Gasteiger charge is -2.20. The third-order valence-electron chi connectivity index (χ3n) is 3.66. The molecule has 0 aliphatic rings. The van der Waals surface area contributed by atoms with E-state index in [1.54, 1.807) is 28.9 Å². The molecule has 2 aromatic rings. The molecule has 1 heterocycles. The first-order valence-corrected chi connectivity index (χ1v) is 7.65. The zero-order chi connectivity index (χ0) is 16.8. The summed E-state index contributed by atoms with van der Waals surface area (Å²) in [5.74, 6) is -1.41. The number of amides is 1. The summed E-state index contributed by atoms with van der Waals surface area (Å²) in [5.41, 5.74) is 1.75. The van der Waals surface area contributed by atoms with Gasteiger partial charge >= 0.3 is 5.97 Å². The Morgan fingerprint density at radius 2 is 1.96 bits per heavy atom. The van der Waals surface area contributed by atoms with Gasteiger partial charge in [0, 0.05) is 17.9 Å². The highest BCUT2D eigenvalue weighted by atomic mass is 16.4. The van der Waals surface area contributed by atoms with E-state index < -0.39 is 5.97 Å². The highest BCUT2D eigenvalue weighted by molar-refractivity contribution is 6.08. The van der Waals surface area contributed by atoms with Crippen molar-refractivity contribution < 1.29 is 14.7 Å². The van der Waals surface area contributed by atoms with Gasteiger partial charge in [-0.2, -0.15) is 5.10 Å². The molecule has 1 amide bonds. The summed E-state index contributed by atoms with van der Waals surface area (Å²) in [5, 5.41) is 13.4. The first-order chi connectivity index (χ1) is 11.0. The van der Waals surface area contributed by atoms with Crippen molar-refractivity contribution in [3.8, 4) is 0 Å². The molecule has 1 aromatic carbocycles. The fraction of sp³-hybridized carbons (Fsp3) is 0.353. The van der Waals surface area contributed by atoms with Crippen LogP contribution in [0.25, 0.3) is 0 Å². The minimum atomic E-state index is -1.06. The van der Waals surface area contributed by atoms with Gasteiger partial charge < -0.3 is 5.11 Å². The van der Waals surface area contributed by atoms with Crippen LogP contribution in [0.1, 0.15) is 35.8 Å². The first kappa shape index (κ1) is 16.7. The topological polar surface area (TPSA) is 75.4 Å². The summed E-state index contributed by atoms with van der Waals surface area (Å²) in [6.07, 6.45) is 3.54. The highest BCUT2D eigenvalue weighted by Crippen LogP contribution is 2.18. The molecule has 0 saturated carbocycles. The van der Waals surface area contributed by atoms with Crippen LogP contribution >= 0.6 is 0 Å². The SMILES string of the molecule is CCCCn1ncc(C(=O)N(CC(=O)O)c2ccccc2)c1C. The summed E-state index contributed by atoms with van der Waals surface area (Å²) in [7, 11) is 0. The molecule has 6 nitrogen and oxygen atoms in total. The van der Waals surface area contributed by atoms with Crippen LogP contribution in [0.3, 0.4) is 0 Å². The third-order valence-corrected chi connectivity index (χ3v) is 3.66. The Hall–Kier alpha value is -2.63. The van der Waals surface area contributed by atoms with Crippen LogP contribution in [-0.2, 0) is 11.3 Å². The Bertz CT molecular complexity index is 680. The molecule has 0 radical (unpaired) electrons. The molecule has 0 aliphatic heterocycles. The number of aryl methyl sites for hydroxylation is 1. The van der Waals surface area contributed by atoms with Crippen LogP contribution in [0, 0.1) is 6.92 Å². The number of aliphatic carboxylic acids is 1. The minimum Gasteiger partial charge on any atom is -0.480 e. The van der Waals surface area contributed by atoms with E-state index in [9.17, 15) is 9.59 Å². The van der Waals surface area contributed by atoms with Gasteiger partial charge in [0.1, 0.15) is 6.54 Å². The van der Waals surface area contributed by atoms with Gasteiger partial charge in [0.15, 0.2) is 0 Å². The van der Waals surface area contributed by atoms with Gasteiger partial charge in [-0.25, -0.2) is 0 Å². The normalized spacial score (nSPS) is 10.5. The molecule has 0 unspecified atom stereocenters. The Kier molecular flexibility index (Phi) is 5.51. The van der Waals surface area contributed by atoms with Crippen molar-refractivity contribution in [1.29, 1.82) is 0 Å². The summed E-state index contributed by atoms with van der Waals surface area (Å²) in [6, 6.07) is 8.81. The molecule has 0 fully saturated rings. The number of anilines is 1. The van der Waals surface area contributed by atoms with E-state index in [4.69, 9.17) is 5.11 Å². The van der Waals surface area contributed by atoms with E-state index in [0.717, 1.165) is 25.1 Å². The predicted octanol–water partition coefficient (Wildman–Crippen LogP) is 2.72. The molecule has 0 bridgehead atoms. The third kappa shape index (κ3) is 3.97. The van der Waals surface area contributed by atoms with Gasteiger partial charge in [-0.1, -0.05) is 31.5 Å². The van der Waals surface area contributed by atoms with E-state index in [1.165, 1.54) is 11.1 Å². The number of carboxylic acids is 1. The molecule has 0 spiro atoms. The first-order valence-electron chi connectivity index (χ1n) is 7.65. The molecule has 0 aliphatic carbocycles. The Morgan fingerprint density at radius 1 is 1.26 bits per heavy atom. The lowest BCUT2D eigenvalue weighted by Crippen LogP contribution is -2.36. The van der Waals surface area contributed by atoms with Gasteiger partial charge in [-0.3, -0.25) is 19.2 Å². The Morgan fingerprint density at radius 3 is 2.57 bits per heavy atom. The zero-order valence-corrected chi connectivity index (χ0v) is 13.4. The second-order valence-corrected chi connectivity index (χ2v) is 5.34. The summed E-state index contributed by atoms with van der Waals surface area (Å²) >= 11 is 0. The summed E-state index contributed by atoms with van der Waals surface area (Å²) < 4.78 is 1.79. The van der Waals surface area contributed by atoms with Crippen LogP contribution < -0.4 is 4.90 Å². The second-order valence-electron chi connectivity index (χ2n) is 5.34. The van der Waals surface area contributed by atoms with Crippen molar-refractivity contribution in [2.75, 3.05) is 11.4 Å². The average Bonchev–Trinajstić information content (AvgIpc) is 2.91. The smallest absolute Gasteiger partial charge is 0.323 e. The fourth-order valence-electron chi connectivity index (χ4n) is 2.36. The minimum absolute atomic E-state index is 0.348. The number of hydrogen-bond acceptors (Lipinski definition) is 3.